The molecule has 0 aliphatic rings. The Kier molecular flexibility index (Phi) is 5.59. The van der Waals surface area contributed by atoms with Crippen LogP contribution in [-0.2, 0) is 9.84 Å². The Bertz CT molecular complexity index is 780. The zero-order chi connectivity index (χ0) is 17.0. The number of hydrogen-bond donors (Lipinski definition) is 0. The van der Waals surface area contributed by atoms with Crippen molar-refractivity contribution >= 4 is 31.6 Å². The fourth-order valence-electron chi connectivity index (χ4n) is 2.05. The lowest BCUT2D eigenvalue weighted by Gasteiger charge is -2.11. The highest BCUT2D eigenvalue weighted by Gasteiger charge is 2.25. The second-order valence-corrected chi connectivity index (χ2v) is 8.29. The van der Waals surface area contributed by atoms with Gasteiger partial charge in [-0.3, -0.25) is 4.79 Å². The monoisotopic (exact) mass is 396 g/mol. The average Bonchev–Trinajstić information content (AvgIpc) is 2.54. The van der Waals surface area contributed by atoms with Gasteiger partial charge in [-0.2, -0.15) is 0 Å². The Labute approximate surface area is 144 Å². The quantitative estimate of drug-likeness (QED) is 0.554. The number of alkyl halides is 1. The van der Waals surface area contributed by atoms with Gasteiger partial charge in [-0.05, 0) is 43.3 Å². The maximum Gasteiger partial charge on any atom is 0.179 e. The molecule has 2 aromatic carbocycles. The third kappa shape index (κ3) is 4.42. The summed E-state index contributed by atoms with van der Waals surface area (Å²) >= 11 is 3.20. The standard InChI is InChI=1S/C17H17BrO4S/c1-12-3-9-15(10-4-12)23(20,21)11-16(18)17(19)13-5-7-14(22-2)8-6-13/h3-10,16H,11H2,1-2H3/t16-/m1/s1. The molecule has 1 atom stereocenters. The van der Waals surface area contributed by atoms with Crippen molar-refractivity contribution in [2.45, 2.75) is 16.6 Å². The van der Waals surface area contributed by atoms with Gasteiger partial charge in [0.2, 0.25) is 0 Å². The minimum atomic E-state index is -3.53. The van der Waals surface area contributed by atoms with Gasteiger partial charge in [0.25, 0.3) is 0 Å². The van der Waals surface area contributed by atoms with E-state index in [1.54, 1.807) is 48.5 Å². The summed E-state index contributed by atoms with van der Waals surface area (Å²) in [4.78, 5) is 11.8. The number of methoxy groups -OCH3 is 1. The Balaban J connectivity index is 2.14. The van der Waals surface area contributed by atoms with Gasteiger partial charge in [0.1, 0.15) is 5.75 Å². The van der Waals surface area contributed by atoms with Crippen molar-refractivity contribution in [2.24, 2.45) is 0 Å². The summed E-state index contributed by atoms with van der Waals surface area (Å²) in [5.41, 5.74) is 1.42. The highest BCUT2D eigenvalue weighted by atomic mass is 79.9. The largest absolute Gasteiger partial charge is 0.497 e. The molecular weight excluding hydrogens is 380 g/mol. The Morgan fingerprint density at radius 1 is 1.09 bits per heavy atom. The summed E-state index contributed by atoms with van der Waals surface area (Å²) in [5.74, 6) is 0.0734. The minimum Gasteiger partial charge on any atom is -0.497 e. The molecular formula is C17H17BrO4S. The molecule has 23 heavy (non-hydrogen) atoms. The van der Waals surface area contributed by atoms with Gasteiger partial charge >= 0.3 is 0 Å². The molecule has 6 heteroatoms. The molecule has 2 rings (SSSR count). The first-order valence-corrected chi connectivity index (χ1v) is 9.52. The number of halogens is 1. The summed E-state index contributed by atoms with van der Waals surface area (Å²) in [5, 5.41) is 0. The van der Waals surface area contributed by atoms with Crippen LogP contribution in [0.1, 0.15) is 15.9 Å². The Hall–Kier alpha value is -1.66. The van der Waals surface area contributed by atoms with Crippen molar-refractivity contribution < 1.29 is 17.9 Å². The third-order valence-electron chi connectivity index (χ3n) is 3.40. The molecule has 0 amide bonds. The van der Waals surface area contributed by atoms with Crippen LogP contribution in [0, 0.1) is 6.92 Å². The summed E-state index contributed by atoms with van der Waals surface area (Å²) in [6, 6.07) is 13.2. The number of benzene rings is 2. The molecule has 0 unspecified atom stereocenters. The predicted molar refractivity (Wildman–Crippen MR) is 93.3 cm³/mol. The molecule has 0 saturated carbocycles. The fourth-order valence-corrected chi connectivity index (χ4v) is 4.63. The molecule has 0 aliphatic carbocycles. The van der Waals surface area contributed by atoms with E-state index >= 15 is 0 Å². The molecule has 2 aromatic rings. The highest BCUT2D eigenvalue weighted by molar-refractivity contribution is 9.10. The summed E-state index contributed by atoms with van der Waals surface area (Å²) in [6.07, 6.45) is 0. The maximum atomic E-state index is 12.4. The van der Waals surface area contributed by atoms with Crippen LogP contribution in [0.2, 0.25) is 0 Å². The second-order valence-electron chi connectivity index (χ2n) is 5.15. The molecule has 0 heterocycles. The number of sulfone groups is 1. The first-order chi connectivity index (χ1) is 10.8. The van der Waals surface area contributed by atoms with E-state index in [2.05, 4.69) is 15.9 Å². The summed E-state index contributed by atoms with van der Waals surface area (Å²) in [6.45, 7) is 1.89. The summed E-state index contributed by atoms with van der Waals surface area (Å²) in [7, 11) is -1.99. The van der Waals surface area contributed by atoms with Crippen molar-refractivity contribution in [3.8, 4) is 5.75 Å². The van der Waals surface area contributed by atoms with Crippen LogP contribution in [0.3, 0.4) is 0 Å². The van der Waals surface area contributed by atoms with Gasteiger partial charge in [0.15, 0.2) is 15.6 Å². The number of rotatable bonds is 6. The van der Waals surface area contributed by atoms with Crippen molar-refractivity contribution in [3.05, 3.63) is 59.7 Å². The molecule has 4 nitrogen and oxygen atoms in total. The van der Waals surface area contributed by atoms with Crippen LogP contribution in [0.15, 0.2) is 53.4 Å². The SMILES string of the molecule is COc1ccc(C(=O)[C@H](Br)CS(=O)(=O)c2ccc(C)cc2)cc1. The second kappa shape index (κ2) is 7.27. The lowest BCUT2D eigenvalue weighted by molar-refractivity contribution is 0.0996. The van der Waals surface area contributed by atoms with Crippen molar-refractivity contribution in [2.75, 3.05) is 12.9 Å². The van der Waals surface area contributed by atoms with Crippen LogP contribution in [0.5, 0.6) is 5.75 Å². The van der Waals surface area contributed by atoms with E-state index in [4.69, 9.17) is 4.74 Å². The number of carbonyl (C=O) groups is 1. The predicted octanol–water partition coefficient (Wildman–Crippen LogP) is 3.42. The van der Waals surface area contributed by atoms with E-state index in [-0.39, 0.29) is 16.4 Å². The van der Waals surface area contributed by atoms with Crippen LogP contribution < -0.4 is 4.74 Å². The van der Waals surface area contributed by atoms with Crippen molar-refractivity contribution in [3.63, 3.8) is 0 Å². The molecule has 0 N–H and O–H groups in total. The van der Waals surface area contributed by atoms with E-state index in [0.717, 1.165) is 5.56 Å². The van der Waals surface area contributed by atoms with E-state index < -0.39 is 14.7 Å². The fraction of sp³-hybridized carbons (Fsp3) is 0.235. The molecule has 0 aliphatic heterocycles. The van der Waals surface area contributed by atoms with Gasteiger partial charge < -0.3 is 4.74 Å². The van der Waals surface area contributed by atoms with E-state index in [1.807, 2.05) is 6.92 Å². The molecule has 122 valence electrons. The van der Waals surface area contributed by atoms with Gasteiger partial charge in [0, 0.05) is 5.56 Å². The molecule has 0 fully saturated rings. The third-order valence-corrected chi connectivity index (χ3v) is 6.34. The van der Waals surface area contributed by atoms with Gasteiger partial charge in [-0.25, -0.2) is 8.42 Å². The van der Waals surface area contributed by atoms with Crippen LogP contribution in [0.4, 0.5) is 0 Å². The molecule has 0 spiro atoms. The Morgan fingerprint density at radius 3 is 2.17 bits per heavy atom. The summed E-state index contributed by atoms with van der Waals surface area (Å²) < 4.78 is 29.8. The first kappa shape index (κ1) is 17.7. The number of aryl methyl sites for hydroxylation is 1. The molecule has 0 radical (unpaired) electrons. The molecule has 0 saturated heterocycles. The van der Waals surface area contributed by atoms with Crippen molar-refractivity contribution in [1.29, 1.82) is 0 Å². The number of ether oxygens (including phenoxy) is 1. The Morgan fingerprint density at radius 2 is 1.65 bits per heavy atom. The van der Waals surface area contributed by atoms with Crippen LogP contribution >= 0.6 is 15.9 Å². The molecule has 0 bridgehead atoms. The van der Waals surface area contributed by atoms with E-state index in [9.17, 15) is 13.2 Å². The lowest BCUT2D eigenvalue weighted by atomic mass is 10.1. The minimum absolute atomic E-state index is 0.218. The zero-order valence-corrected chi connectivity index (χ0v) is 15.2. The van der Waals surface area contributed by atoms with Crippen LogP contribution in [0.25, 0.3) is 0 Å². The topological polar surface area (TPSA) is 60.4 Å². The van der Waals surface area contributed by atoms with E-state index in [1.165, 1.54) is 7.11 Å². The van der Waals surface area contributed by atoms with E-state index in [0.29, 0.717) is 11.3 Å². The number of carbonyl (C=O) groups excluding carboxylic acids is 1. The lowest BCUT2D eigenvalue weighted by Crippen LogP contribution is -2.24. The average molecular weight is 397 g/mol. The van der Waals surface area contributed by atoms with Crippen LogP contribution in [-0.4, -0.2) is 31.9 Å². The normalized spacial score (nSPS) is 12.7. The number of ketones is 1. The van der Waals surface area contributed by atoms with Gasteiger partial charge in [0.05, 0.1) is 22.6 Å². The van der Waals surface area contributed by atoms with Gasteiger partial charge in [-0.1, -0.05) is 33.6 Å². The van der Waals surface area contributed by atoms with Gasteiger partial charge in [-0.15, -0.1) is 0 Å². The molecule has 0 aromatic heterocycles. The number of hydrogen-bond acceptors (Lipinski definition) is 4. The smallest absolute Gasteiger partial charge is 0.179 e. The number of Topliss-reactive ketones (excluding diaryl/α,β-unsaturated/α-hetero) is 1. The first-order valence-electron chi connectivity index (χ1n) is 6.95. The maximum absolute atomic E-state index is 12.4. The highest BCUT2D eigenvalue weighted by Crippen LogP contribution is 2.20. The van der Waals surface area contributed by atoms with Crippen molar-refractivity contribution in [1.82, 2.24) is 0 Å². The zero-order valence-electron chi connectivity index (χ0n) is 12.8.